The molecule has 0 fully saturated rings. The minimum atomic E-state index is -0.849. The van der Waals surface area contributed by atoms with Gasteiger partial charge in [0.1, 0.15) is 11.2 Å². The SMILES string of the molecule is Cc1cc(Cl)cc(C(=O)C(Cl)c2ccc(F)cc2)c1. The van der Waals surface area contributed by atoms with E-state index in [1.165, 1.54) is 24.3 Å². The Morgan fingerprint density at radius 1 is 1.16 bits per heavy atom. The van der Waals surface area contributed by atoms with Gasteiger partial charge in [0.15, 0.2) is 5.78 Å². The minimum absolute atomic E-state index is 0.251. The first kappa shape index (κ1) is 14.0. The van der Waals surface area contributed by atoms with E-state index in [2.05, 4.69) is 0 Å². The summed E-state index contributed by atoms with van der Waals surface area (Å²) in [7, 11) is 0. The van der Waals surface area contributed by atoms with Crippen LogP contribution in [0.15, 0.2) is 42.5 Å². The standard InChI is InChI=1S/C15H11Cl2FO/c1-9-6-11(8-12(16)7-9)15(19)14(17)10-2-4-13(18)5-3-10/h2-8,14H,1H3. The van der Waals surface area contributed by atoms with Crippen LogP contribution in [0.4, 0.5) is 4.39 Å². The molecule has 0 saturated heterocycles. The van der Waals surface area contributed by atoms with Crippen molar-refractivity contribution in [3.05, 3.63) is 70.0 Å². The molecule has 2 aromatic carbocycles. The molecule has 0 bridgehead atoms. The number of halogens is 3. The van der Waals surface area contributed by atoms with Crippen LogP contribution in [0, 0.1) is 12.7 Å². The van der Waals surface area contributed by atoms with Crippen molar-refractivity contribution in [2.75, 3.05) is 0 Å². The highest BCUT2D eigenvalue weighted by atomic mass is 35.5. The molecule has 0 N–H and O–H groups in total. The molecule has 0 heterocycles. The molecule has 98 valence electrons. The molecular formula is C15H11Cl2FO. The van der Waals surface area contributed by atoms with Crippen molar-refractivity contribution < 1.29 is 9.18 Å². The molecule has 1 nitrogen and oxygen atoms in total. The van der Waals surface area contributed by atoms with Gasteiger partial charge in [0.2, 0.25) is 0 Å². The van der Waals surface area contributed by atoms with Gasteiger partial charge in [-0.2, -0.15) is 0 Å². The predicted octanol–water partition coefficient (Wildman–Crippen LogP) is 4.95. The Morgan fingerprint density at radius 2 is 1.79 bits per heavy atom. The lowest BCUT2D eigenvalue weighted by molar-refractivity contribution is 0.0987. The van der Waals surface area contributed by atoms with E-state index in [1.807, 2.05) is 6.92 Å². The summed E-state index contributed by atoms with van der Waals surface area (Å²) in [6, 6.07) is 10.6. The first-order valence-corrected chi connectivity index (χ1v) is 6.50. The molecular weight excluding hydrogens is 286 g/mol. The van der Waals surface area contributed by atoms with Crippen molar-refractivity contribution in [2.24, 2.45) is 0 Å². The van der Waals surface area contributed by atoms with Gasteiger partial charge in [-0.05, 0) is 48.4 Å². The van der Waals surface area contributed by atoms with E-state index < -0.39 is 5.38 Å². The van der Waals surface area contributed by atoms with Gasteiger partial charge < -0.3 is 0 Å². The number of carbonyl (C=O) groups excluding carboxylic acids is 1. The zero-order chi connectivity index (χ0) is 14.0. The number of rotatable bonds is 3. The molecule has 0 aliphatic rings. The molecule has 1 atom stereocenters. The largest absolute Gasteiger partial charge is 0.292 e. The molecule has 1 unspecified atom stereocenters. The quantitative estimate of drug-likeness (QED) is 0.578. The summed E-state index contributed by atoms with van der Waals surface area (Å²) in [6.45, 7) is 1.85. The monoisotopic (exact) mass is 296 g/mol. The van der Waals surface area contributed by atoms with Gasteiger partial charge in [0.25, 0.3) is 0 Å². The maximum atomic E-state index is 12.8. The molecule has 0 spiro atoms. The predicted molar refractivity (Wildman–Crippen MR) is 75.5 cm³/mol. The fourth-order valence-electron chi connectivity index (χ4n) is 1.81. The van der Waals surface area contributed by atoms with Crippen LogP contribution in [0.2, 0.25) is 5.02 Å². The summed E-state index contributed by atoms with van der Waals surface area (Å²) >= 11 is 12.1. The average Bonchev–Trinajstić information content (AvgIpc) is 2.37. The number of Topliss-reactive ketones (excluding diaryl/α,β-unsaturated/α-hetero) is 1. The van der Waals surface area contributed by atoms with Gasteiger partial charge in [-0.15, -0.1) is 11.6 Å². The average molecular weight is 297 g/mol. The van der Waals surface area contributed by atoms with Gasteiger partial charge in [-0.25, -0.2) is 4.39 Å². The summed E-state index contributed by atoms with van der Waals surface area (Å²) < 4.78 is 12.8. The van der Waals surface area contributed by atoms with Crippen molar-refractivity contribution >= 4 is 29.0 Å². The Labute approximate surface area is 121 Å². The smallest absolute Gasteiger partial charge is 0.185 e. The van der Waals surface area contributed by atoms with Crippen LogP contribution in [-0.2, 0) is 0 Å². The lowest BCUT2D eigenvalue weighted by Gasteiger charge is -2.10. The van der Waals surface area contributed by atoms with E-state index >= 15 is 0 Å². The van der Waals surface area contributed by atoms with Gasteiger partial charge in [-0.3, -0.25) is 4.79 Å². The molecule has 0 aromatic heterocycles. The molecule has 4 heteroatoms. The maximum absolute atomic E-state index is 12.8. The maximum Gasteiger partial charge on any atom is 0.185 e. The second-order valence-electron chi connectivity index (χ2n) is 4.30. The topological polar surface area (TPSA) is 17.1 Å². The van der Waals surface area contributed by atoms with E-state index in [1.54, 1.807) is 18.2 Å². The van der Waals surface area contributed by atoms with Crippen LogP contribution in [0.1, 0.15) is 26.9 Å². The van der Waals surface area contributed by atoms with Crippen LogP contribution >= 0.6 is 23.2 Å². The lowest BCUT2D eigenvalue weighted by Crippen LogP contribution is -2.08. The van der Waals surface area contributed by atoms with E-state index in [4.69, 9.17) is 23.2 Å². The summed E-state index contributed by atoms with van der Waals surface area (Å²) in [5.74, 6) is -0.613. The lowest BCUT2D eigenvalue weighted by atomic mass is 10.0. The number of hydrogen-bond acceptors (Lipinski definition) is 1. The van der Waals surface area contributed by atoms with Crippen LogP contribution in [-0.4, -0.2) is 5.78 Å². The third-order valence-corrected chi connectivity index (χ3v) is 3.39. The molecule has 2 rings (SSSR count). The number of alkyl halides is 1. The summed E-state index contributed by atoms with van der Waals surface area (Å²) in [5, 5.41) is -0.357. The number of ketones is 1. The number of hydrogen-bond donors (Lipinski definition) is 0. The number of benzene rings is 2. The van der Waals surface area contributed by atoms with Crippen molar-refractivity contribution in [3.8, 4) is 0 Å². The highest BCUT2D eigenvalue weighted by molar-refractivity contribution is 6.35. The molecule has 0 aliphatic heterocycles. The van der Waals surface area contributed by atoms with E-state index in [0.29, 0.717) is 16.1 Å². The summed E-state index contributed by atoms with van der Waals surface area (Å²) in [4.78, 5) is 12.3. The van der Waals surface area contributed by atoms with Crippen molar-refractivity contribution in [3.63, 3.8) is 0 Å². The Kier molecular flexibility index (Phi) is 4.23. The van der Waals surface area contributed by atoms with Gasteiger partial charge >= 0.3 is 0 Å². The van der Waals surface area contributed by atoms with Crippen LogP contribution in [0.25, 0.3) is 0 Å². The summed E-state index contributed by atoms with van der Waals surface area (Å²) in [5.41, 5.74) is 1.90. The Morgan fingerprint density at radius 3 is 2.37 bits per heavy atom. The third-order valence-electron chi connectivity index (χ3n) is 2.72. The van der Waals surface area contributed by atoms with Crippen LogP contribution in [0.3, 0.4) is 0 Å². The Bertz CT molecular complexity index is 588. The Hall–Kier alpha value is -1.38. The van der Waals surface area contributed by atoms with E-state index in [-0.39, 0.29) is 11.6 Å². The molecule has 0 amide bonds. The Balaban J connectivity index is 2.30. The normalized spacial score (nSPS) is 12.2. The highest BCUT2D eigenvalue weighted by Gasteiger charge is 2.20. The van der Waals surface area contributed by atoms with Crippen LogP contribution in [0.5, 0.6) is 0 Å². The molecule has 19 heavy (non-hydrogen) atoms. The zero-order valence-corrected chi connectivity index (χ0v) is 11.7. The van der Waals surface area contributed by atoms with Crippen molar-refractivity contribution in [1.82, 2.24) is 0 Å². The zero-order valence-electron chi connectivity index (χ0n) is 10.2. The van der Waals surface area contributed by atoms with E-state index in [0.717, 1.165) is 5.56 Å². The number of aryl methyl sites for hydroxylation is 1. The number of carbonyl (C=O) groups is 1. The van der Waals surface area contributed by atoms with Gasteiger partial charge in [0, 0.05) is 10.6 Å². The third kappa shape index (κ3) is 3.34. The molecule has 0 aliphatic carbocycles. The van der Waals surface area contributed by atoms with Crippen molar-refractivity contribution in [1.29, 1.82) is 0 Å². The second-order valence-corrected chi connectivity index (χ2v) is 5.17. The fraction of sp³-hybridized carbons (Fsp3) is 0.133. The molecule has 0 radical (unpaired) electrons. The van der Waals surface area contributed by atoms with Gasteiger partial charge in [-0.1, -0.05) is 23.7 Å². The fourth-order valence-corrected chi connectivity index (χ4v) is 2.37. The van der Waals surface area contributed by atoms with Gasteiger partial charge in [0.05, 0.1) is 0 Å². The highest BCUT2D eigenvalue weighted by Crippen LogP contribution is 2.27. The second kappa shape index (κ2) is 5.72. The van der Waals surface area contributed by atoms with E-state index in [9.17, 15) is 9.18 Å². The molecule has 2 aromatic rings. The van der Waals surface area contributed by atoms with Crippen LogP contribution < -0.4 is 0 Å². The first-order chi connectivity index (χ1) is 8.97. The minimum Gasteiger partial charge on any atom is -0.292 e. The van der Waals surface area contributed by atoms with Crippen molar-refractivity contribution in [2.45, 2.75) is 12.3 Å². The first-order valence-electron chi connectivity index (χ1n) is 5.68. The molecule has 0 saturated carbocycles. The summed E-state index contributed by atoms with van der Waals surface area (Å²) in [6.07, 6.45) is 0.